The van der Waals surface area contributed by atoms with E-state index in [2.05, 4.69) is 31.9 Å². The summed E-state index contributed by atoms with van der Waals surface area (Å²) in [6.07, 6.45) is 0.338. The van der Waals surface area contributed by atoms with E-state index < -0.39 is 11.6 Å². The Bertz CT molecular complexity index is 453. The van der Waals surface area contributed by atoms with Gasteiger partial charge in [0.15, 0.2) is 0 Å². The van der Waals surface area contributed by atoms with E-state index >= 15 is 0 Å². The van der Waals surface area contributed by atoms with E-state index in [0.717, 1.165) is 12.1 Å². The zero-order chi connectivity index (χ0) is 11.9. The molecule has 0 aromatic heterocycles. The van der Waals surface area contributed by atoms with Crippen LogP contribution in [-0.4, -0.2) is 17.3 Å². The first-order valence-electron chi connectivity index (χ1n) is 4.58. The number of benzene rings is 1. The summed E-state index contributed by atoms with van der Waals surface area (Å²) in [7, 11) is 0. The topological polar surface area (TPSA) is 20.3 Å². The van der Waals surface area contributed by atoms with E-state index in [0.29, 0.717) is 13.0 Å². The molecule has 0 radical (unpaired) electrons. The third-order valence-electron chi connectivity index (χ3n) is 2.34. The Morgan fingerprint density at radius 1 is 1.38 bits per heavy atom. The number of carbonyl (C=O) groups excluding carboxylic acids is 1. The van der Waals surface area contributed by atoms with Crippen LogP contribution in [0.5, 0.6) is 0 Å². The third kappa shape index (κ3) is 2.13. The maximum Gasteiger partial charge on any atom is 0.228 e. The maximum absolute atomic E-state index is 13.3. The van der Waals surface area contributed by atoms with Gasteiger partial charge in [-0.2, -0.15) is 0 Å². The first kappa shape index (κ1) is 12.0. The molecule has 0 bridgehead atoms. The van der Waals surface area contributed by atoms with Crippen LogP contribution in [0.15, 0.2) is 16.6 Å². The summed E-state index contributed by atoms with van der Waals surface area (Å²) >= 11 is 6.33. The fraction of sp³-hybridized carbons (Fsp3) is 0.300. The van der Waals surface area contributed by atoms with Crippen molar-refractivity contribution in [1.82, 2.24) is 0 Å². The number of hydrogen-bond donors (Lipinski definition) is 0. The zero-order valence-corrected chi connectivity index (χ0v) is 11.2. The molecule has 1 aliphatic heterocycles. The van der Waals surface area contributed by atoms with Gasteiger partial charge in [-0.3, -0.25) is 4.79 Å². The molecule has 1 aromatic carbocycles. The highest BCUT2D eigenvalue weighted by molar-refractivity contribution is 9.10. The molecule has 16 heavy (non-hydrogen) atoms. The number of anilines is 1. The zero-order valence-electron chi connectivity index (χ0n) is 8.01. The van der Waals surface area contributed by atoms with Crippen molar-refractivity contribution in [2.75, 3.05) is 11.4 Å². The van der Waals surface area contributed by atoms with Crippen LogP contribution >= 0.6 is 31.9 Å². The molecule has 6 heteroatoms. The van der Waals surface area contributed by atoms with E-state index in [-0.39, 0.29) is 20.9 Å². The van der Waals surface area contributed by atoms with Crippen molar-refractivity contribution in [3.63, 3.8) is 0 Å². The van der Waals surface area contributed by atoms with Crippen LogP contribution in [0, 0.1) is 11.6 Å². The number of halogens is 4. The summed E-state index contributed by atoms with van der Waals surface area (Å²) < 4.78 is 26.5. The lowest BCUT2D eigenvalue weighted by Crippen LogP contribution is -2.25. The van der Waals surface area contributed by atoms with Gasteiger partial charge >= 0.3 is 0 Å². The molecule has 1 amide bonds. The standard InChI is InChI=1S/C10H7Br2F2NO/c11-5-1-9(16)15(4-5)8-3-6(13)2-7(14)10(8)12/h2-3,5H,1,4H2. The van der Waals surface area contributed by atoms with E-state index in [9.17, 15) is 13.6 Å². The molecular formula is C10H7Br2F2NO. The van der Waals surface area contributed by atoms with Crippen LogP contribution in [0.2, 0.25) is 0 Å². The average Bonchev–Trinajstić information content (AvgIpc) is 2.51. The second-order valence-corrected chi connectivity index (χ2v) is 5.61. The van der Waals surface area contributed by atoms with Crippen LogP contribution in [0.3, 0.4) is 0 Å². The fourth-order valence-corrected chi connectivity index (χ4v) is 2.65. The van der Waals surface area contributed by atoms with Gasteiger partial charge in [0.25, 0.3) is 0 Å². The normalized spacial score (nSPS) is 20.6. The summed E-state index contributed by atoms with van der Waals surface area (Å²) in [6, 6.07) is 1.93. The van der Waals surface area contributed by atoms with Gasteiger partial charge in [0.2, 0.25) is 5.91 Å². The van der Waals surface area contributed by atoms with Crippen molar-refractivity contribution in [3.05, 3.63) is 28.2 Å². The first-order chi connectivity index (χ1) is 7.49. The Hall–Kier alpha value is -0.490. The second-order valence-electron chi connectivity index (χ2n) is 3.53. The molecule has 0 aliphatic carbocycles. The van der Waals surface area contributed by atoms with Gasteiger partial charge in [-0.1, -0.05) is 15.9 Å². The molecule has 86 valence electrons. The average molecular weight is 355 g/mol. The highest BCUT2D eigenvalue weighted by Gasteiger charge is 2.30. The lowest BCUT2D eigenvalue weighted by Gasteiger charge is -2.18. The Labute approximate surface area is 108 Å². The van der Waals surface area contributed by atoms with Crippen LogP contribution < -0.4 is 4.90 Å². The maximum atomic E-state index is 13.3. The van der Waals surface area contributed by atoms with E-state index in [1.54, 1.807) is 0 Å². The lowest BCUT2D eigenvalue weighted by atomic mass is 10.2. The Morgan fingerprint density at radius 2 is 2.06 bits per heavy atom. The van der Waals surface area contributed by atoms with Crippen LogP contribution in [-0.2, 0) is 4.79 Å². The third-order valence-corrected chi connectivity index (χ3v) is 3.74. The first-order valence-corrected chi connectivity index (χ1v) is 6.29. The van der Waals surface area contributed by atoms with E-state index in [4.69, 9.17) is 0 Å². The van der Waals surface area contributed by atoms with Crippen LogP contribution in [0.4, 0.5) is 14.5 Å². The molecule has 0 spiro atoms. The quantitative estimate of drug-likeness (QED) is 0.560. The van der Waals surface area contributed by atoms with Gasteiger partial charge in [0, 0.05) is 23.9 Å². The van der Waals surface area contributed by atoms with Gasteiger partial charge in [-0.25, -0.2) is 8.78 Å². The summed E-state index contributed by atoms with van der Waals surface area (Å²) in [5.41, 5.74) is 0.240. The highest BCUT2D eigenvalue weighted by atomic mass is 79.9. The van der Waals surface area contributed by atoms with Gasteiger partial charge in [0.05, 0.1) is 10.2 Å². The molecule has 1 atom stereocenters. The minimum absolute atomic E-state index is 0.0261. The molecule has 2 nitrogen and oxygen atoms in total. The van der Waals surface area contributed by atoms with E-state index in [1.165, 1.54) is 4.90 Å². The molecule has 1 heterocycles. The SMILES string of the molecule is O=C1CC(Br)CN1c1cc(F)cc(F)c1Br. The van der Waals surface area contributed by atoms with Gasteiger partial charge in [-0.05, 0) is 22.0 Å². The van der Waals surface area contributed by atoms with Crippen molar-refractivity contribution in [1.29, 1.82) is 0 Å². The molecule has 0 N–H and O–H groups in total. The number of rotatable bonds is 1. The van der Waals surface area contributed by atoms with Gasteiger partial charge < -0.3 is 4.90 Å². The Balaban J connectivity index is 2.44. The molecule has 1 aliphatic rings. The molecule has 2 rings (SSSR count). The number of alkyl halides is 1. The molecule has 1 aromatic rings. The largest absolute Gasteiger partial charge is 0.310 e. The highest BCUT2D eigenvalue weighted by Crippen LogP contribution is 2.33. The Morgan fingerprint density at radius 3 is 2.62 bits per heavy atom. The molecular weight excluding hydrogens is 348 g/mol. The molecule has 1 unspecified atom stereocenters. The summed E-state index contributed by atoms with van der Waals surface area (Å²) in [5.74, 6) is -1.55. The molecule has 0 saturated carbocycles. The smallest absolute Gasteiger partial charge is 0.228 e. The predicted molar refractivity (Wildman–Crippen MR) is 63.7 cm³/mol. The summed E-state index contributed by atoms with van der Waals surface area (Å²) in [5, 5.41) is 0. The molecule has 1 saturated heterocycles. The molecule has 1 fully saturated rings. The van der Waals surface area contributed by atoms with Crippen LogP contribution in [0.25, 0.3) is 0 Å². The fourth-order valence-electron chi connectivity index (χ4n) is 1.64. The number of amides is 1. The van der Waals surface area contributed by atoms with Crippen molar-refractivity contribution in [2.24, 2.45) is 0 Å². The van der Waals surface area contributed by atoms with Crippen molar-refractivity contribution < 1.29 is 13.6 Å². The van der Waals surface area contributed by atoms with Crippen LogP contribution in [0.1, 0.15) is 6.42 Å². The minimum atomic E-state index is -0.708. The number of nitrogens with zero attached hydrogens (tertiary/aromatic N) is 1. The van der Waals surface area contributed by atoms with Gasteiger partial charge in [-0.15, -0.1) is 0 Å². The number of hydrogen-bond acceptors (Lipinski definition) is 1. The predicted octanol–water partition coefficient (Wildman–Crippen LogP) is 3.23. The van der Waals surface area contributed by atoms with Crippen molar-refractivity contribution >= 4 is 43.5 Å². The van der Waals surface area contributed by atoms with Gasteiger partial charge in [0.1, 0.15) is 11.6 Å². The lowest BCUT2D eigenvalue weighted by molar-refractivity contribution is -0.117. The summed E-state index contributed by atoms with van der Waals surface area (Å²) in [4.78, 5) is 13.0. The minimum Gasteiger partial charge on any atom is -0.310 e. The van der Waals surface area contributed by atoms with E-state index in [1.807, 2.05) is 0 Å². The summed E-state index contributed by atoms with van der Waals surface area (Å²) in [6.45, 7) is 0.417. The monoisotopic (exact) mass is 353 g/mol. The van der Waals surface area contributed by atoms with Crippen molar-refractivity contribution in [2.45, 2.75) is 11.2 Å². The number of carbonyl (C=O) groups is 1. The second kappa shape index (κ2) is 4.41. The Kier molecular flexibility index (Phi) is 3.30. The van der Waals surface area contributed by atoms with Crippen molar-refractivity contribution in [3.8, 4) is 0 Å².